The number of rotatable bonds is 7. The second-order valence-electron chi connectivity index (χ2n) is 5.54. The minimum Gasteiger partial charge on any atom is -0.313 e. The Bertz CT molecular complexity index is 332. The van der Waals surface area contributed by atoms with Gasteiger partial charge in [0.25, 0.3) is 0 Å². The lowest BCUT2D eigenvalue weighted by molar-refractivity contribution is 0.511. The number of nitrogens with one attached hydrogen (secondary N) is 2. The number of hydrogen-bond donors (Lipinski definition) is 2. The van der Waals surface area contributed by atoms with E-state index in [-0.39, 0.29) is 5.25 Å². The normalized spacial score (nSPS) is 24.1. The van der Waals surface area contributed by atoms with Crippen molar-refractivity contribution >= 4 is 10.0 Å². The van der Waals surface area contributed by atoms with Gasteiger partial charge in [0.1, 0.15) is 0 Å². The largest absolute Gasteiger partial charge is 0.313 e. The van der Waals surface area contributed by atoms with Gasteiger partial charge >= 0.3 is 0 Å². The van der Waals surface area contributed by atoms with Gasteiger partial charge in [0.15, 0.2) is 0 Å². The van der Waals surface area contributed by atoms with E-state index in [0.717, 1.165) is 0 Å². The summed E-state index contributed by atoms with van der Waals surface area (Å²) in [5.74, 6) is 0.563. The standard InChI is InChI=1S/C12H24N2O2S/c1-10(8-13-12-6-7-12)17(15,16)14-9-11-4-2-3-5-11/h10-14H,2-9H2,1H3. The van der Waals surface area contributed by atoms with E-state index < -0.39 is 10.0 Å². The molecule has 2 N–H and O–H groups in total. The Morgan fingerprint density at radius 2 is 1.82 bits per heavy atom. The Balaban J connectivity index is 1.71. The fourth-order valence-electron chi connectivity index (χ4n) is 2.32. The highest BCUT2D eigenvalue weighted by Crippen LogP contribution is 2.24. The molecule has 0 spiro atoms. The summed E-state index contributed by atoms with van der Waals surface area (Å²) >= 11 is 0. The van der Waals surface area contributed by atoms with Gasteiger partial charge in [0.05, 0.1) is 5.25 Å². The molecule has 0 amide bonds. The zero-order valence-electron chi connectivity index (χ0n) is 10.6. The molecule has 4 nitrogen and oxygen atoms in total. The highest BCUT2D eigenvalue weighted by molar-refractivity contribution is 7.90. The van der Waals surface area contributed by atoms with Gasteiger partial charge in [0, 0.05) is 19.1 Å². The summed E-state index contributed by atoms with van der Waals surface area (Å²) in [4.78, 5) is 0. The van der Waals surface area contributed by atoms with Gasteiger partial charge in [-0.05, 0) is 38.5 Å². The average molecular weight is 260 g/mol. The molecule has 0 saturated heterocycles. The molecule has 2 saturated carbocycles. The maximum absolute atomic E-state index is 12.0. The molecule has 1 atom stereocenters. The topological polar surface area (TPSA) is 58.2 Å². The Kier molecular flexibility index (Phi) is 4.44. The highest BCUT2D eigenvalue weighted by Gasteiger charge is 2.26. The van der Waals surface area contributed by atoms with Gasteiger partial charge in [-0.3, -0.25) is 0 Å². The monoisotopic (exact) mass is 260 g/mol. The minimum absolute atomic E-state index is 0.329. The summed E-state index contributed by atoms with van der Waals surface area (Å²) in [5, 5.41) is 2.94. The number of sulfonamides is 1. The SMILES string of the molecule is CC(CNC1CC1)S(=O)(=O)NCC1CCCC1. The van der Waals surface area contributed by atoms with Gasteiger partial charge < -0.3 is 5.32 Å². The van der Waals surface area contributed by atoms with E-state index in [4.69, 9.17) is 0 Å². The Labute approximate surface area is 105 Å². The van der Waals surface area contributed by atoms with Crippen molar-refractivity contribution in [3.8, 4) is 0 Å². The molecule has 0 bridgehead atoms. The molecule has 100 valence electrons. The van der Waals surface area contributed by atoms with Gasteiger partial charge in [-0.2, -0.15) is 0 Å². The molecule has 0 aromatic rings. The molecule has 0 aromatic carbocycles. The van der Waals surface area contributed by atoms with Gasteiger partial charge in [-0.25, -0.2) is 13.1 Å². The van der Waals surface area contributed by atoms with Crippen molar-refractivity contribution in [1.29, 1.82) is 0 Å². The van der Waals surface area contributed by atoms with Crippen molar-refractivity contribution in [1.82, 2.24) is 10.0 Å². The van der Waals surface area contributed by atoms with Crippen molar-refractivity contribution in [3.05, 3.63) is 0 Å². The molecule has 2 fully saturated rings. The average Bonchev–Trinajstić information content (AvgIpc) is 2.97. The van der Waals surface area contributed by atoms with Gasteiger partial charge in [-0.1, -0.05) is 12.8 Å². The third-order valence-electron chi connectivity index (χ3n) is 3.85. The first-order chi connectivity index (χ1) is 8.08. The lowest BCUT2D eigenvalue weighted by atomic mass is 10.1. The summed E-state index contributed by atoms with van der Waals surface area (Å²) in [5.41, 5.74) is 0. The molecule has 0 radical (unpaired) electrons. The van der Waals surface area contributed by atoms with Crippen LogP contribution in [0.2, 0.25) is 0 Å². The van der Waals surface area contributed by atoms with Crippen LogP contribution < -0.4 is 10.0 Å². The zero-order chi connectivity index (χ0) is 12.3. The number of hydrogen-bond acceptors (Lipinski definition) is 3. The Morgan fingerprint density at radius 1 is 1.18 bits per heavy atom. The van der Waals surface area contributed by atoms with Crippen LogP contribution in [0.4, 0.5) is 0 Å². The lowest BCUT2D eigenvalue weighted by Gasteiger charge is -2.16. The second kappa shape index (κ2) is 5.67. The Hall–Kier alpha value is -0.130. The molecular weight excluding hydrogens is 236 g/mol. The molecule has 2 rings (SSSR count). The summed E-state index contributed by atoms with van der Waals surface area (Å²) < 4.78 is 26.7. The summed E-state index contributed by atoms with van der Waals surface area (Å²) in [6.07, 6.45) is 7.26. The van der Waals surface area contributed by atoms with Crippen molar-refractivity contribution in [2.75, 3.05) is 13.1 Å². The molecule has 5 heteroatoms. The van der Waals surface area contributed by atoms with E-state index in [1.54, 1.807) is 6.92 Å². The first kappa shape index (κ1) is 13.3. The maximum atomic E-state index is 12.0. The van der Waals surface area contributed by atoms with E-state index in [0.29, 0.717) is 25.0 Å². The van der Waals surface area contributed by atoms with Crippen LogP contribution in [-0.4, -0.2) is 32.8 Å². The van der Waals surface area contributed by atoms with Crippen LogP contribution in [0.15, 0.2) is 0 Å². The van der Waals surface area contributed by atoms with E-state index >= 15 is 0 Å². The summed E-state index contributed by atoms with van der Waals surface area (Å²) in [6, 6.07) is 0.572. The molecule has 0 aromatic heterocycles. The fraction of sp³-hybridized carbons (Fsp3) is 1.00. The van der Waals surface area contributed by atoms with Crippen molar-refractivity contribution < 1.29 is 8.42 Å². The van der Waals surface area contributed by atoms with Crippen LogP contribution in [0, 0.1) is 5.92 Å². The molecule has 2 aliphatic carbocycles. The third kappa shape index (κ3) is 4.23. The minimum atomic E-state index is -3.13. The van der Waals surface area contributed by atoms with Crippen LogP contribution in [0.1, 0.15) is 45.4 Å². The quantitative estimate of drug-likeness (QED) is 0.724. The zero-order valence-corrected chi connectivity index (χ0v) is 11.4. The van der Waals surface area contributed by atoms with Crippen LogP contribution >= 0.6 is 0 Å². The molecule has 2 aliphatic rings. The van der Waals surface area contributed by atoms with Gasteiger partial charge in [-0.15, -0.1) is 0 Å². The lowest BCUT2D eigenvalue weighted by Crippen LogP contribution is -2.41. The van der Waals surface area contributed by atoms with E-state index in [1.807, 2.05) is 0 Å². The van der Waals surface area contributed by atoms with E-state index in [2.05, 4.69) is 10.0 Å². The first-order valence-electron chi connectivity index (χ1n) is 6.80. The highest BCUT2D eigenvalue weighted by atomic mass is 32.2. The predicted octanol–water partition coefficient (Wildman–Crippen LogP) is 1.24. The van der Waals surface area contributed by atoms with Gasteiger partial charge in [0.2, 0.25) is 10.0 Å². The summed E-state index contributed by atoms with van der Waals surface area (Å²) in [7, 11) is -3.13. The summed E-state index contributed by atoms with van der Waals surface area (Å²) in [6.45, 7) is 2.99. The maximum Gasteiger partial charge on any atom is 0.215 e. The van der Waals surface area contributed by atoms with Crippen molar-refractivity contribution in [3.63, 3.8) is 0 Å². The van der Waals surface area contributed by atoms with E-state index in [1.165, 1.54) is 38.5 Å². The van der Waals surface area contributed by atoms with Crippen molar-refractivity contribution in [2.45, 2.75) is 56.7 Å². The van der Waals surface area contributed by atoms with Crippen LogP contribution in [-0.2, 0) is 10.0 Å². The van der Waals surface area contributed by atoms with Crippen LogP contribution in [0.25, 0.3) is 0 Å². The molecule has 17 heavy (non-hydrogen) atoms. The van der Waals surface area contributed by atoms with Crippen molar-refractivity contribution in [2.24, 2.45) is 5.92 Å². The van der Waals surface area contributed by atoms with E-state index in [9.17, 15) is 8.42 Å². The Morgan fingerprint density at radius 3 is 2.41 bits per heavy atom. The fourth-order valence-corrected chi connectivity index (χ4v) is 3.39. The molecule has 0 aliphatic heterocycles. The smallest absolute Gasteiger partial charge is 0.215 e. The first-order valence-corrected chi connectivity index (χ1v) is 8.34. The second-order valence-corrected chi connectivity index (χ2v) is 7.72. The molecule has 0 heterocycles. The molecule has 1 unspecified atom stereocenters. The molecular formula is C12H24N2O2S. The predicted molar refractivity (Wildman–Crippen MR) is 69.4 cm³/mol. The van der Waals surface area contributed by atoms with Crippen LogP contribution in [0.3, 0.4) is 0 Å². The van der Waals surface area contributed by atoms with Crippen LogP contribution in [0.5, 0.6) is 0 Å². The third-order valence-corrected chi connectivity index (χ3v) is 5.64.